The third-order valence-corrected chi connectivity index (χ3v) is 5.33. The fraction of sp³-hybridized carbons (Fsp3) is 0.773. The molecule has 9 heteroatoms. The Labute approximate surface area is 183 Å². The van der Waals surface area contributed by atoms with E-state index in [-0.39, 0.29) is 37.8 Å². The Morgan fingerprint density at radius 1 is 1.10 bits per heavy atom. The maximum atomic E-state index is 14.0. The summed E-state index contributed by atoms with van der Waals surface area (Å²) in [5, 5.41) is 2.77. The average Bonchev–Trinajstić information content (AvgIpc) is 3.05. The Morgan fingerprint density at radius 3 is 2.10 bits per heavy atom. The second-order valence-electron chi connectivity index (χ2n) is 7.87. The molecule has 7 nitrogen and oxygen atoms in total. The zero-order chi connectivity index (χ0) is 23.6. The molecule has 1 amide bonds. The molecule has 0 aliphatic carbocycles. The highest BCUT2D eigenvalue weighted by atomic mass is 19.1. The molecule has 1 N–H and O–H groups in total. The number of carbonyl (C=O) groups is 3. The van der Waals surface area contributed by atoms with Crippen LogP contribution in [0.4, 0.5) is 8.78 Å². The average molecular weight is 447 g/mol. The summed E-state index contributed by atoms with van der Waals surface area (Å²) in [4.78, 5) is 38.6. The van der Waals surface area contributed by atoms with E-state index in [4.69, 9.17) is 9.47 Å². The molecule has 178 valence electrons. The van der Waals surface area contributed by atoms with Crippen molar-refractivity contribution in [3.05, 3.63) is 12.7 Å². The molecule has 31 heavy (non-hydrogen) atoms. The number of likely N-dealkylation sites (tertiary alicyclic amines) is 1. The molecule has 0 aromatic heterocycles. The summed E-state index contributed by atoms with van der Waals surface area (Å²) >= 11 is 0. The molecule has 6 atom stereocenters. The second kappa shape index (κ2) is 13.4. The van der Waals surface area contributed by atoms with Gasteiger partial charge >= 0.3 is 11.9 Å². The molecule has 0 aromatic rings. The summed E-state index contributed by atoms with van der Waals surface area (Å²) in [6, 6.07) is -2.31. The topological polar surface area (TPSA) is 84.9 Å². The Kier molecular flexibility index (Phi) is 11.7. The van der Waals surface area contributed by atoms with Gasteiger partial charge in [0.1, 0.15) is 12.1 Å². The van der Waals surface area contributed by atoms with Crippen LogP contribution in [0.3, 0.4) is 0 Å². The number of alkyl halides is 2. The largest absolute Gasteiger partial charge is 0.430 e. The van der Waals surface area contributed by atoms with Gasteiger partial charge in [0.25, 0.3) is 0 Å². The summed E-state index contributed by atoms with van der Waals surface area (Å²) < 4.78 is 37.9. The van der Waals surface area contributed by atoms with Crippen LogP contribution < -0.4 is 5.32 Å². The minimum absolute atomic E-state index is 0.0622. The SMILES string of the molecule is C=C[C@@H]1C[C@H](C(=O)OC(F)CCC)N(CC(CC)NC(C)=O)[C@H]1C(=O)OC(F)CCC. The maximum Gasteiger partial charge on any atom is 0.326 e. The minimum Gasteiger partial charge on any atom is -0.430 e. The lowest BCUT2D eigenvalue weighted by Crippen LogP contribution is -2.53. The predicted octanol–water partition coefficient (Wildman–Crippen LogP) is 3.42. The number of hydrogen-bond acceptors (Lipinski definition) is 6. The van der Waals surface area contributed by atoms with E-state index in [1.807, 2.05) is 6.92 Å². The first-order valence-corrected chi connectivity index (χ1v) is 11.0. The molecule has 3 unspecified atom stereocenters. The Morgan fingerprint density at radius 2 is 1.65 bits per heavy atom. The zero-order valence-corrected chi connectivity index (χ0v) is 18.9. The van der Waals surface area contributed by atoms with Crippen LogP contribution >= 0.6 is 0 Å². The standard InChI is InChI=1S/C22H36F2N2O5/c1-6-10-18(23)30-21(28)17-12-15(8-3)20(22(29)31-19(24)11-7-2)26(17)13-16(9-4)25-14(5)27/h8,15-20H,3,6-7,9-13H2,1-2,4-5H3,(H,25,27)/t15-,16?,17-,18?,19?,20-/m1/s1. The molecule has 0 bridgehead atoms. The number of amides is 1. The van der Waals surface area contributed by atoms with Gasteiger partial charge in [0, 0.05) is 38.3 Å². The van der Waals surface area contributed by atoms with Crippen LogP contribution in [0.5, 0.6) is 0 Å². The fourth-order valence-electron chi connectivity index (χ4n) is 3.76. The molecule has 1 saturated heterocycles. The third kappa shape index (κ3) is 8.20. The van der Waals surface area contributed by atoms with Gasteiger partial charge in [0.2, 0.25) is 18.6 Å². The van der Waals surface area contributed by atoms with E-state index in [2.05, 4.69) is 11.9 Å². The van der Waals surface area contributed by atoms with Crippen molar-refractivity contribution >= 4 is 17.8 Å². The molecular formula is C22H36F2N2O5. The summed E-state index contributed by atoms with van der Waals surface area (Å²) in [5.74, 6) is -2.39. The summed E-state index contributed by atoms with van der Waals surface area (Å²) in [6.45, 7) is 10.6. The molecular weight excluding hydrogens is 410 g/mol. The second-order valence-corrected chi connectivity index (χ2v) is 7.87. The Bertz CT molecular complexity index is 619. The van der Waals surface area contributed by atoms with Gasteiger partial charge in [-0.05, 0) is 25.7 Å². The van der Waals surface area contributed by atoms with E-state index in [9.17, 15) is 23.2 Å². The molecule has 1 aliphatic rings. The first-order valence-electron chi connectivity index (χ1n) is 11.0. The molecule has 1 rings (SSSR count). The highest BCUT2D eigenvalue weighted by Crippen LogP contribution is 2.34. The molecule has 1 aliphatic heterocycles. The zero-order valence-electron chi connectivity index (χ0n) is 18.9. The quantitative estimate of drug-likeness (QED) is 0.345. The van der Waals surface area contributed by atoms with Crippen LogP contribution in [-0.4, -0.2) is 60.1 Å². The van der Waals surface area contributed by atoms with Gasteiger partial charge in [0.15, 0.2) is 0 Å². The number of hydrogen-bond donors (Lipinski definition) is 1. The monoisotopic (exact) mass is 446 g/mol. The molecule has 1 heterocycles. The van der Waals surface area contributed by atoms with Gasteiger partial charge in [-0.2, -0.15) is 0 Å². The highest BCUT2D eigenvalue weighted by molar-refractivity contribution is 5.82. The first-order chi connectivity index (χ1) is 14.7. The third-order valence-electron chi connectivity index (χ3n) is 5.33. The number of nitrogens with one attached hydrogen (secondary N) is 1. The summed E-state index contributed by atoms with van der Waals surface area (Å²) in [7, 11) is 0. The van der Waals surface area contributed by atoms with E-state index in [1.165, 1.54) is 17.9 Å². The van der Waals surface area contributed by atoms with Gasteiger partial charge in [-0.3, -0.25) is 19.3 Å². The van der Waals surface area contributed by atoms with Gasteiger partial charge < -0.3 is 14.8 Å². The number of ether oxygens (including phenoxy) is 2. The number of esters is 2. The van der Waals surface area contributed by atoms with E-state index in [1.54, 1.807) is 13.8 Å². The summed E-state index contributed by atoms with van der Waals surface area (Å²) in [6.07, 6.45) is -0.175. The Balaban J connectivity index is 3.16. The van der Waals surface area contributed by atoms with Gasteiger partial charge in [0.05, 0.1) is 0 Å². The van der Waals surface area contributed by atoms with Crippen molar-refractivity contribution in [2.24, 2.45) is 5.92 Å². The van der Waals surface area contributed by atoms with Crippen molar-refractivity contribution in [2.75, 3.05) is 6.54 Å². The smallest absolute Gasteiger partial charge is 0.326 e. The van der Waals surface area contributed by atoms with Crippen molar-refractivity contribution in [3.8, 4) is 0 Å². The normalized spacial score (nSPS) is 24.1. The van der Waals surface area contributed by atoms with Gasteiger partial charge in [-0.1, -0.05) is 26.8 Å². The van der Waals surface area contributed by atoms with E-state index in [0.717, 1.165) is 0 Å². The van der Waals surface area contributed by atoms with Crippen molar-refractivity contribution in [3.63, 3.8) is 0 Å². The number of nitrogens with zero attached hydrogens (tertiary/aromatic N) is 1. The van der Waals surface area contributed by atoms with Gasteiger partial charge in [-0.15, -0.1) is 6.58 Å². The highest BCUT2D eigenvalue weighted by Gasteiger charge is 2.49. The van der Waals surface area contributed by atoms with Crippen molar-refractivity contribution in [1.29, 1.82) is 0 Å². The van der Waals surface area contributed by atoms with E-state index in [0.29, 0.717) is 19.3 Å². The van der Waals surface area contributed by atoms with E-state index >= 15 is 0 Å². The lowest BCUT2D eigenvalue weighted by Gasteiger charge is -2.32. The lowest BCUT2D eigenvalue weighted by molar-refractivity contribution is -0.169. The molecule has 1 fully saturated rings. The predicted molar refractivity (Wildman–Crippen MR) is 112 cm³/mol. The lowest BCUT2D eigenvalue weighted by atomic mass is 9.99. The van der Waals surface area contributed by atoms with Crippen LogP contribution in [0, 0.1) is 5.92 Å². The molecule has 0 spiro atoms. The number of halogens is 2. The molecule has 0 aromatic carbocycles. The van der Waals surface area contributed by atoms with E-state index < -0.39 is 42.7 Å². The van der Waals surface area contributed by atoms with Crippen molar-refractivity contribution < 1.29 is 32.6 Å². The van der Waals surface area contributed by atoms with Crippen LogP contribution in [0.25, 0.3) is 0 Å². The van der Waals surface area contributed by atoms with Crippen LogP contribution in [-0.2, 0) is 23.9 Å². The fourth-order valence-corrected chi connectivity index (χ4v) is 3.76. The summed E-state index contributed by atoms with van der Waals surface area (Å²) in [5.41, 5.74) is 0. The maximum absolute atomic E-state index is 14.0. The number of rotatable bonds is 13. The van der Waals surface area contributed by atoms with Crippen LogP contribution in [0.1, 0.15) is 66.2 Å². The van der Waals surface area contributed by atoms with Crippen LogP contribution in [0.15, 0.2) is 12.7 Å². The van der Waals surface area contributed by atoms with Crippen molar-refractivity contribution in [2.45, 2.75) is 97.1 Å². The van der Waals surface area contributed by atoms with Gasteiger partial charge in [-0.25, -0.2) is 8.78 Å². The van der Waals surface area contributed by atoms with Crippen LogP contribution in [0.2, 0.25) is 0 Å². The minimum atomic E-state index is -1.76. The molecule has 0 radical (unpaired) electrons. The Hall–Kier alpha value is -2.03. The number of carbonyl (C=O) groups excluding carboxylic acids is 3. The van der Waals surface area contributed by atoms with Crippen molar-refractivity contribution in [1.82, 2.24) is 10.2 Å². The molecule has 0 saturated carbocycles. The first kappa shape index (κ1) is 27.0.